The zero-order valence-electron chi connectivity index (χ0n) is 11.5. The van der Waals surface area contributed by atoms with Crippen molar-refractivity contribution in [2.24, 2.45) is 5.92 Å². The van der Waals surface area contributed by atoms with E-state index in [4.69, 9.17) is 0 Å². The van der Waals surface area contributed by atoms with Crippen molar-refractivity contribution in [3.63, 3.8) is 0 Å². The molecule has 1 spiro atoms. The maximum atomic E-state index is 12.3. The highest BCUT2D eigenvalue weighted by Crippen LogP contribution is 2.60. The van der Waals surface area contributed by atoms with Crippen LogP contribution in [0.3, 0.4) is 0 Å². The summed E-state index contributed by atoms with van der Waals surface area (Å²) in [7, 11) is 0. The van der Waals surface area contributed by atoms with Crippen LogP contribution in [0.4, 0.5) is 5.69 Å². The zero-order chi connectivity index (χ0) is 14.4. The second kappa shape index (κ2) is 4.19. The van der Waals surface area contributed by atoms with Crippen LogP contribution in [0.1, 0.15) is 23.2 Å². The van der Waals surface area contributed by atoms with Crippen LogP contribution in [0.2, 0.25) is 0 Å². The molecular weight excluding hydrogens is 262 g/mol. The lowest BCUT2D eigenvalue weighted by molar-refractivity contribution is -0.118. The number of H-pyrrole nitrogens is 1. The topological polar surface area (TPSA) is 57.8 Å². The Labute approximate surface area is 122 Å². The van der Waals surface area contributed by atoms with Crippen LogP contribution >= 0.6 is 0 Å². The Kier molecular flexibility index (Phi) is 2.42. The van der Waals surface area contributed by atoms with E-state index in [0.29, 0.717) is 0 Å². The number of hydrogen-bond acceptors (Lipinski definition) is 2. The van der Waals surface area contributed by atoms with Crippen LogP contribution in [-0.4, -0.2) is 16.1 Å². The number of para-hydroxylation sites is 1. The van der Waals surface area contributed by atoms with Crippen molar-refractivity contribution in [1.29, 1.82) is 0 Å². The molecule has 1 aliphatic carbocycles. The Morgan fingerprint density at radius 3 is 3.10 bits per heavy atom. The molecule has 1 fully saturated rings. The number of carbonyl (C=O) groups is 1. The van der Waals surface area contributed by atoms with Gasteiger partial charge in [0.2, 0.25) is 5.91 Å². The summed E-state index contributed by atoms with van der Waals surface area (Å²) in [4.78, 5) is 12.3. The number of amides is 1. The smallest absolute Gasteiger partial charge is 0.235 e. The van der Waals surface area contributed by atoms with Crippen LogP contribution in [-0.2, 0) is 10.2 Å². The van der Waals surface area contributed by atoms with E-state index in [-0.39, 0.29) is 17.2 Å². The van der Waals surface area contributed by atoms with Gasteiger partial charge in [-0.15, -0.1) is 0 Å². The second-order valence-corrected chi connectivity index (χ2v) is 5.58. The Morgan fingerprint density at radius 1 is 1.38 bits per heavy atom. The lowest BCUT2D eigenvalue weighted by atomic mass is 9.94. The standard InChI is InChI=1S/C17H15N3O/c1-2-11-10-18-20-14(11)8-7-12-9-17(12)13-5-3-4-6-15(13)19-16(17)21/h2-8,10,12H,1,9H2,(H,18,20)(H,19,21). The lowest BCUT2D eigenvalue weighted by Gasteiger charge is -2.05. The van der Waals surface area contributed by atoms with Gasteiger partial charge in [0.25, 0.3) is 0 Å². The van der Waals surface area contributed by atoms with Crippen LogP contribution < -0.4 is 5.32 Å². The number of fused-ring (bicyclic) bond motifs is 2. The molecule has 1 aromatic heterocycles. The molecule has 0 saturated heterocycles. The number of benzene rings is 1. The Morgan fingerprint density at radius 2 is 2.24 bits per heavy atom. The van der Waals surface area contributed by atoms with Gasteiger partial charge in [0.1, 0.15) is 0 Å². The van der Waals surface area contributed by atoms with E-state index in [0.717, 1.165) is 28.9 Å². The fraction of sp³-hybridized carbons (Fsp3) is 0.176. The molecular formula is C17H15N3O. The summed E-state index contributed by atoms with van der Waals surface area (Å²) >= 11 is 0. The molecule has 4 rings (SSSR count). The summed E-state index contributed by atoms with van der Waals surface area (Å²) in [5.41, 5.74) is 3.61. The molecule has 4 heteroatoms. The summed E-state index contributed by atoms with van der Waals surface area (Å²) < 4.78 is 0. The number of hydrogen-bond donors (Lipinski definition) is 2. The average Bonchev–Trinajstić information content (AvgIpc) is 2.92. The van der Waals surface area contributed by atoms with E-state index < -0.39 is 0 Å². The van der Waals surface area contributed by atoms with Gasteiger partial charge in [0.05, 0.1) is 17.3 Å². The SMILES string of the molecule is C=Cc1cn[nH]c1C=CC1CC12C(=O)Nc1ccccc12. The van der Waals surface area contributed by atoms with Crippen molar-refractivity contribution in [3.8, 4) is 0 Å². The minimum Gasteiger partial charge on any atom is -0.325 e. The van der Waals surface area contributed by atoms with E-state index in [1.165, 1.54) is 0 Å². The molecule has 2 N–H and O–H groups in total. The van der Waals surface area contributed by atoms with Crippen LogP contribution in [0.25, 0.3) is 12.2 Å². The van der Waals surface area contributed by atoms with E-state index in [1.54, 1.807) is 12.3 Å². The average molecular weight is 277 g/mol. The first kappa shape index (κ1) is 12.1. The van der Waals surface area contributed by atoms with Crippen molar-refractivity contribution in [2.45, 2.75) is 11.8 Å². The number of nitrogens with zero attached hydrogens (tertiary/aromatic N) is 1. The molecule has 2 aliphatic rings. The normalized spacial score (nSPS) is 26.1. The predicted octanol–water partition coefficient (Wildman–Crippen LogP) is 2.98. The summed E-state index contributed by atoms with van der Waals surface area (Å²) in [5.74, 6) is 0.356. The van der Waals surface area contributed by atoms with Gasteiger partial charge in [-0.1, -0.05) is 36.9 Å². The Bertz CT molecular complexity index is 774. The minimum absolute atomic E-state index is 0.118. The van der Waals surface area contributed by atoms with Gasteiger partial charge in [-0.3, -0.25) is 9.89 Å². The molecule has 2 heterocycles. The van der Waals surface area contributed by atoms with Gasteiger partial charge < -0.3 is 5.32 Å². The predicted molar refractivity (Wildman–Crippen MR) is 82.6 cm³/mol. The molecule has 4 nitrogen and oxygen atoms in total. The summed E-state index contributed by atoms with van der Waals surface area (Å²) in [6, 6.07) is 7.95. The molecule has 0 radical (unpaired) electrons. The third-order valence-corrected chi connectivity index (χ3v) is 4.49. The number of nitrogens with one attached hydrogen (secondary N) is 2. The minimum atomic E-state index is -0.360. The first-order valence-electron chi connectivity index (χ1n) is 7.00. The van der Waals surface area contributed by atoms with E-state index in [9.17, 15) is 4.79 Å². The summed E-state index contributed by atoms with van der Waals surface area (Å²) in [6.45, 7) is 3.76. The highest BCUT2D eigenvalue weighted by molar-refractivity contribution is 6.09. The zero-order valence-corrected chi connectivity index (χ0v) is 11.5. The van der Waals surface area contributed by atoms with Gasteiger partial charge in [-0.2, -0.15) is 5.10 Å². The first-order valence-corrected chi connectivity index (χ1v) is 7.00. The molecule has 104 valence electrons. The number of rotatable bonds is 3. The molecule has 2 atom stereocenters. The number of anilines is 1. The van der Waals surface area contributed by atoms with E-state index >= 15 is 0 Å². The molecule has 2 unspecified atom stereocenters. The second-order valence-electron chi connectivity index (χ2n) is 5.58. The number of aromatic amines is 1. The molecule has 1 aliphatic heterocycles. The third kappa shape index (κ3) is 1.62. The van der Waals surface area contributed by atoms with Gasteiger partial charge in [0.15, 0.2) is 0 Å². The van der Waals surface area contributed by atoms with Crippen LogP contribution in [0.5, 0.6) is 0 Å². The molecule has 2 aromatic rings. The summed E-state index contributed by atoms with van der Waals surface area (Å²) in [5, 5.41) is 9.93. The number of aromatic nitrogens is 2. The molecule has 1 saturated carbocycles. The fourth-order valence-corrected chi connectivity index (χ4v) is 3.24. The van der Waals surface area contributed by atoms with Crippen molar-refractivity contribution in [2.75, 3.05) is 5.32 Å². The van der Waals surface area contributed by atoms with Gasteiger partial charge in [0, 0.05) is 11.3 Å². The number of allylic oxidation sites excluding steroid dienone is 1. The molecule has 0 bridgehead atoms. The highest BCUT2D eigenvalue weighted by atomic mass is 16.2. The van der Waals surface area contributed by atoms with Crippen molar-refractivity contribution in [1.82, 2.24) is 10.2 Å². The fourth-order valence-electron chi connectivity index (χ4n) is 3.24. The Balaban J connectivity index is 1.64. The Hall–Kier alpha value is -2.62. The number of carbonyl (C=O) groups excluding carboxylic acids is 1. The third-order valence-electron chi connectivity index (χ3n) is 4.49. The van der Waals surface area contributed by atoms with E-state index in [2.05, 4.69) is 28.2 Å². The maximum absolute atomic E-state index is 12.3. The van der Waals surface area contributed by atoms with Crippen molar-refractivity contribution in [3.05, 3.63) is 59.9 Å². The largest absolute Gasteiger partial charge is 0.325 e. The first-order chi connectivity index (χ1) is 10.3. The quantitative estimate of drug-likeness (QED) is 0.906. The van der Waals surface area contributed by atoms with Crippen LogP contribution in [0, 0.1) is 5.92 Å². The lowest BCUT2D eigenvalue weighted by Crippen LogP contribution is -2.20. The van der Waals surface area contributed by atoms with Gasteiger partial charge >= 0.3 is 0 Å². The van der Waals surface area contributed by atoms with Gasteiger partial charge in [-0.25, -0.2) is 0 Å². The summed E-state index contributed by atoms with van der Waals surface area (Å²) in [6.07, 6.45) is 8.47. The van der Waals surface area contributed by atoms with E-state index in [1.807, 2.05) is 30.3 Å². The maximum Gasteiger partial charge on any atom is 0.235 e. The molecule has 1 aromatic carbocycles. The molecule has 21 heavy (non-hydrogen) atoms. The highest BCUT2D eigenvalue weighted by Gasteiger charge is 2.63. The monoisotopic (exact) mass is 277 g/mol. The molecule has 1 amide bonds. The van der Waals surface area contributed by atoms with Crippen molar-refractivity contribution >= 4 is 23.7 Å². The van der Waals surface area contributed by atoms with Crippen LogP contribution in [0.15, 0.2) is 43.1 Å². The van der Waals surface area contributed by atoms with Gasteiger partial charge in [-0.05, 0) is 30.0 Å². The van der Waals surface area contributed by atoms with Crippen molar-refractivity contribution < 1.29 is 4.79 Å².